The predicted molar refractivity (Wildman–Crippen MR) is 159 cm³/mol. The van der Waals surface area contributed by atoms with Crippen LogP contribution < -0.4 is 16.0 Å². The van der Waals surface area contributed by atoms with Gasteiger partial charge in [-0.05, 0) is 58.6 Å². The number of anilines is 1. The van der Waals surface area contributed by atoms with Crippen molar-refractivity contribution in [2.45, 2.75) is 71.4 Å². The molecule has 0 aromatic heterocycles. The van der Waals surface area contributed by atoms with Gasteiger partial charge in [0.05, 0.1) is 24.3 Å². The van der Waals surface area contributed by atoms with Crippen LogP contribution in [0.25, 0.3) is 0 Å². The highest BCUT2D eigenvalue weighted by Crippen LogP contribution is 2.31. The second kappa shape index (κ2) is 18.9. The minimum Gasteiger partial charge on any atom is -0.444 e. The highest BCUT2D eigenvalue weighted by molar-refractivity contribution is 6.25. The van der Waals surface area contributed by atoms with E-state index in [0.29, 0.717) is 77.7 Å². The topological polar surface area (TPSA) is 162 Å². The average molecular weight is 607 g/mol. The number of ether oxygens (including phenoxy) is 4. The molecule has 5 amide bonds. The number of imide groups is 2. The summed E-state index contributed by atoms with van der Waals surface area (Å²) in [4.78, 5) is 61.8. The SMILES string of the molecule is CCCC(C(=O)NC=O)N1C(=O)c2cccc(NCCCOCCOCCCOCCCNC(=O)OC(C)(C)C)c2C1=O. The van der Waals surface area contributed by atoms with Crippen molar-refractivity contribution in [2.75, 3.05) is 58.0 Å². The minimum atomic E-state index is -1.06. The number of amides is 5. The van der Waals surface area contributed by atoms with Crippen LogP contribution in [0.3, 0.4) is 0 Å². The Bertz CT molecular complexity index is 1070. The van der Waals surface area contributed by atoms with Gasteiger partial charge >= 0.3 is 6.09 Å². The van der Waals surface area contributed by atoms with Crippen LogP contribution in [0.15, 0.2) is 18.2 Å². The smallest absolute Gasteiger partial charge is 0.407 e. The van der Waals surface area contributed by atoms with Gasteiger partial charge in [-0.15, -0.1) is 0 Å². The van der Waals surface area contributed by atoms with Gasteiger partial charge in [0.2, 0.25) is 12.3 Å². The molecule has 1 aliphatic rings. The maximum Gasteiger partial charge on any atom is 0.407 e. The lowest BCUT2D eigenvalue weighted by molar-refractivity contribution is -0.128. The molecule has 0 saturated heterocycles. The monoisotopic (exact) mass is 606 g/mol. The van der Waals surface area contributed by atoms with Gasteiger partial charge in [-0.25, -0.2) is 4.79 Å². The third kappa shape index (κ3) is 12.3. The van der Waals surface area contributed by atoms with Crippen molar-refractivity contribution >= 4 is 35.9 Å². The molecule has 0 saturated carbocycles. The van der Waals surface area contributed by atoms with Crippen LogP contribution in [0, 0.1) is 0 Å². The summed E-state index contributed by atoms with van der Waals surface area (Å²) < 4.78 is 21.8. The van der Waals surface area contributed by atoms with E-state index in [-0.39, 0.29) is 24.0 Å². The van der Waals surface area contributed by atoms with Crippen molar-refractivity contribution in [1.82, 2.24) is 15.5 Å². The molecule has 1 aromatic carbocycles. The molecule has 0 fully saturated rings. The van der Waals surface area contributed by atoms with Gasteiger partial charge in [-0.1, -0.05) is 19.4 Å². The van der Waals surface area contributed by atoms with E-state index in [9.17, 15) is 24.0 Å². The Morgan fingerprint density at radius 2 is 1.53 bits per heavy atom. The molecule has 1 unspecified atom stereocenters. The number of hydrogen-bond acceptors (Lipinski definition) is 10. The van der Waals surface area contributed by atoms with E-state index < -0.39 is 35.5 Å². The molecule has 1 heterocycles. The van der Waals surface area contributed by atoms with Crippen LogP contribution in [0.5, 0.6) is 0 Å². The fourth-order valence-electron chi connectivity index (χ4n) is 4.30. The molecule has 1 aliphatic heterocycles. The standard InChI is InChI=1S/C30H46N4O9/c1-5-10-24(26(36)33-21-35)34-27(37)22-11-6-12-23(25(22)28(34)38)31-13-7-16-41-19-20-42-18-9-17-40-15-8-14-32-29(39)43-30(2,3)4/h6,11-12,21,24,31H,5,7-10,13-20H2,1-4H3,(H,32,39)(H,33,35,36). The minimum absolute atomic E-state index is 0.225. The zero-order valence-electron chi connectivity index (χ0n) is 25.7. The zero-order valence-corrected chi connectivity index (χ0v) is 25.7. The molecule has 0 aliphatic carbocycles. The van der Waals surface area contributed by atoms with Crippen LogP contribution in [-0.2, 0) is 28.5 Å². The molecule has 2 rings (SSSR count). The number of fused-ring (bicyclic) bond motifs is 1. The van der Waals surface area contributed by atoms with Crippen molar-refractivity contribution in [1.29, 1.82) is 0 Å². The van der Waals surface area contributed by atoms with Gasteiger partial charge in [0.15, 0.2) is 0 Å². The molecule has 3 N–H and O–H groups in total. The second-order valence-corrected chi connectivity index (χ2v) is 10.9. The van der Waals surface area contributed by atoms with Crippen LogP contribution in [-0.4, -0.2) is 99.5 Å². The van der Waals surface area contributed by atoms with Gasteiger partial charge in [-0.3, -0.25) is 29.4 Å². The molecular formula is C30H46N4O9. The molecule has 1 atom stereocenters. The van der Waals surface area contributed by atoms with E-state index in [1.54, 1.807) is 18.2 Å². The van der Waals surface area contributed by atoms with Crippen LogP contribution in [0.1, 0.15) is 80.5 Å². The Balaban J connectivity index is 1.57. The Kier molecular flexibility index (Phi) is 15.6. The van der Waals surface area contributed by atoms with Gasteiger partial charge in [0.1, 0.15) is 11.6 Å². The average Bonchev–Trinajstić information content (AvgIpc) is 3.20. The summed E-state index contributed by atoms with van der Waals surface area (Å²) in [7, 11) is 0. The Morgan fingerprint density at radius 1 is 0.907 bits per heavy atom. The molecule has 13 heteroatoms. The van der Waals surface area contributed by atoms with Gasteiger partial charge in [0.25, 0.3) is 11.8 Å². The predicted octanol–water partition coefficient (Wildman–Crippen LogP) is 2.88. The number of hydrogen-bond donors (Lipinski definition) is 3. The van der Waals surface area contributed by atoms with Crippen LogP contribution in [0.2, 0.25) is 0 Å². The highest BCUT2D eigenvalue weighted by atomic mass is 16.6. The van der Waals surface area contributed by atoms with E-state index in [1.165, 1.54) is 0 Å². The Morgan fingerprint density at radius 3 is 2.16 bits per heavy atom. The first kappa shape index (κ1) is 35.6. The fraction of sp³-hybridized carbons (Fsp3) is 0.633. The first-order valence-electron chi connectivity index (χ1n) is 14.8. The summed E-state index contributed by atoms with van der Waals surface area (Å²) in [6, 6.07) is 3.90. The number of carbonyl (C=O) groups excluding carboxylic acids is 5. The number of rotatable bonds is 21. The zero-order chi connectivity index (χ0) is 31.7. The summed E-state index contributed by atoms with van der Waals surface area (Å²) in [5, 5.41) is 7.94. The van der Waals surface area contributed by atoms with Gasteiger partial charge in [0, 0.05) is 45.2 Å². The molecule has 240 valence electrons. The van der Waals surface area contributed by atoms with Crippen molar-refractivity contribution in [2.24, 2.45) is 0 Å². The van der Waals surface area contributed by atoms with Crippen molar-refractivity contribution in [3.63, 3.8) is 0 Å². The first-order chi connectivity index (χ1) is 20.6. The largest absolute Gasteiger partial charge is 0.444 e. The summed E-state index contributed by atoms with van der Waals surface area (Å²) in [5.41, 5.74) is 0.449. The second-order valence-electron chi connectivity index (χ2n) is 10.9. The summed E-state index contributed by atoms with van der Waals surface area (Å²) >= 11 is 0. The number of nitrogens with one attached hydrogen (secondary N) is 3. The van der Waals surface area contributed by atoms with E-state index in [2.05, 4.69) is 16.0 Å². The van der Waals surface area contributed by atoms with Gasteiger partial charge in [-0.2, -0.15) is 0 Å². The van der Waals surface area contributed by atoms with Crippen molar-refractivity contribution < 1.29 is 42.9 Å². The summed E-state index contributed by atoms with van der Waals surface area (Å²) in [6.45, 7) is 11.3. The normalized spacial score (nSPS) is 13.4. The number of benzene rings is 1. The highest BCUT2D eigenvalue weighted by Gasteiger charge is 2.43. The fourth-order valence-corrected chi connectivity index (χ4v) is 4.30. The third-order valence-corrected chi connectivity index (χ3v) is 6.19. The van der Waals surface area contributed by atoms with E-state index in [0.717, 1.165) is 11.3 Å². The molecule has 0 spiro atoms. The van der Waals surface area contributed by atoms with E-state index in [1.807, 2.05) is 27.7 Å². The summed E-state index contributed by atoms with van der Waals surface area (Å²) in [6.07, 6.45) is 2.73. The van der Waals surface area contributed by atoms with Crippen LogP contribution >= 0.6 is 0 Å². The van der Waals surface area contributed by atoms with Crippen LogP contribution in [0.4, 0.5) is 10.5 Å². The van der Waals surface area contributed by atoms with Crippen molar-refractivity contribution in [3.05, 3.63) is 29.3 Å². The summed E-state index contributed by atoms with van der Waals surface area (Å²) in [5.74, 6) is -1.79. The lowest BCUT2D eigenvalue weighted by Gasteiger charge is -2.24. The molecule has 0 radical (unpaired) electrons. The van der Waals surface area contributed by atoms with Gasteiger partial charge < -0.3 is 29.6 Å². The lowest BCUT2D eigenvalue weighted by Crippen LogP contribution is -2.49. The molecule has 43 heavy (non-hydrogen) atoms. The first-order valence-corrected chi connectivity index (χ1v) is 14.8. The quantitative estimate of drug-likeness (QED) is 0.108. The Hall–Kier alpha value is -3.55. The molecule has 13 nitrogen and oxygen atoms in total. The number of alkyl carbamates (subject to hydrolysis) is 1. The van der Waals surface area contributed by atoms with E-state index >= 15 is 0 Å². The molecule has 1 aromatic rings. The number of carbonyl (C=O) groups is 5. The third-order valence-electron chi connectivity index (χ3n) is 6.19. The lowest BCUT2D eigenvalue weighted by atomic mass is 10.1. The maximum atomic E-state index is 13.2. The Labute approximate surface area is 253 Å². The molecule has 0 bridgehead atoms. The molecular weight excluding hydrogens is 560 g/mol. The van der Waals surface area contributed by atoms with Crippen molar-refractivity contribution in [3.8, 4) is 0 Å². The van der Waals surface area contributed by atoms with E-state index in [4.69, 9.17) is 18.9 Å². The maximum absolute atomic E-state index is 13.2. The number of nitrogens with zero attached hydrogens (tertiary/aromatic N) is 1.